The average molecular weight is 422 g/mol. The summed E-state index contributed by atoms with van der Waals surface area (Å²) in [6, 6.07) is 14.7. The molecule has 0 saturated heterocycles. The zero-order valence-electron chi connectivity index (χ0n) is 17.3. The Kier molecular flexibility index (Phi) is 5.15. The first kappa shape index (κ1) is 20.2. The quantitative estimate of drug-likeness (QED) is 0.373. The van der Waals surface area contributed by atoms with Gasteiger partial charge in [0.05, 0.1) is 0 Å². The van der Waals surface area contributed by atoms with Gasteiger partial charge in [0.1, 0.15) is 11.3 Å². The predicted molar refractivity (Wildman–Crippen MR) is 119 cm³/mol. The molecule has 2 heterocycles. The van der Waals surface area contributed by atoms with Crippen LogP contribution in [0.3, 0.4) is 0 Å². The van der Waals surface area contributed by atoms with E-state index in [0.29, 0.717) is 11.3 Å². The van der Waals surface area contributed by atoms with E-state index in [4.69, 9.17) is 4.42 Å². The maximum Gasteiger partial charge on any atom is 0.336 e. The van der Waals surface area contributed by atoms with E-state index >= 15 is 0 Å². The van der Waals surface area contributed by atoms with Crippen LogP contribution >= 0.6 is 11.8 Å². The van der Waals surface area contributed by atoms with Crippen LogP contribution in [0.15, 0.2) is 62.9 Å². The molecule has 0 aliphatic rings. The summed E-state index contributed by atoms with van der Waals surface area (Å²) in [6.45, 7) is 6.57. The van der Waals surface area contributed by atoms with Gasteiger partial charge in [0.25, 0.3) is 0 Å². The van der Waals surface area contributed by atoms with E-state index in [-0.39, 0.29) is 11.2 Å². The van der Waals surface area contributed by atoms with Gasteiger partial charge in [0.2, 0.25) is 0 Å². The molecule has 30 heavy (non-hydrogen) atoms. The minimum absolute atomic E-state index is 0.0610. The Bertz CT molecular complexity index is 1270. The van der Waals surface area contributed by atoms with E-state index in [1.165, 1.54) is 29.5 Å². The number of fused-ring (bicyclic) bond motifs is 1. The zero-order chi connectivity index (χ0) is 21.5. The molecule has 2 aromatic heterocycles. The highest BCUT2D eigenvalue weighted by Gasteiger charge is 2.16. The summed E-state index contributed by atoms with van der Waals surface area (Å²) < 4.78 is 7.15. The third kappa shape index (κ3) is 3.98. The van der Waals surface area contributed by atoms with Crippen molar-refractivity contribution in [2.24, 2.45) is 7.05 Å². The number of nitrogens with zero attached hydrogens (tertiary/aromatic N) is 3. The lowest BCUT2D eigenvalue weighted by atomic mass is 9.87. The lowest BCUT2D eigenvalue weighted by molar-refractivity contribution is 0.473. The molecule has 0 bridgehead atoms. The van der Waals surface area contributed by atoms with Crippen molar-refractivity contribution >= 4 is 22.7 Å². The summed E-state index contributed by atoms with van der Waals surface area (Å²) in [6.07, 6.45) is 0. The summed E-state index contributed by atoms with van der Waals surface area (Å²) in [4.78, 5) is 11.9. The zero-order valence-corrected chi connectivity index (χ0v) is 18.2. The molecule has 0 amide bonds. The van der Waals surface area contributed by atoms with Gasteiger partial charge in [-0.05, 0) is 28.7 Å². The summed E-state index contributed by atoms with van der Waals surface area (Å²) in [7, 11) is 1.94. The second-order valence-electron chi connectivity index (χ2n) is 8.25. The maximum absolute atomic E-state index is 11.9. The minimum atomic E-state index is -0.443. The topological polar surface area (TPSA) is 81.2 Å². The molecule has 0 fully saturated rings. The van der Waals surface area contributed by atoms with Crippen LogP contribution in [0.5, 0.6) is 5.75 Å². The molecule has 0 saturated carbocycles. The van der Waals surface area contributed by atoms with E-state index in [1.807, 2.05) is 11.6 Å². The molecular formula is C23H23N3O3S. The number of hydrogen-bond acceptors (Lipinski definition) is 6. The molecule has 0 unspecified atom stereocenters. The molecule has 0 radical (unpaired) electrons. The number of benzene rings is 2. The molecule has 0 spiro atoms. The first-order chi connectivity index (χ1) is 14.2. The molecular weight excluding hydrogens is 398 g/mol. The van der Waals surface area contributed by atoms with Crippen molar-refractivity contribution in [3.63, 3.8) is 0 Å². The van der Waals surface area contributed by atoms with Crippen molar-refractivity contribution in [1.82, 2.24) is 14.8 Å². The van der Waals surface area contributed by atoms with E-state index < -0.39 is 5.63 Å². The van der Waals surface area contributed by atoms with E-state index in [0.717, 1.165) is 27.5 Å². The SMILES string of the molecule is Cn1c(SCc2cc(=O)oc3cc(O)ccc23)nnc1-c1ccc(C(C)(C)C)cc1. The van der Waals surface area contributed by atoms with Gasteiger partial charge >= 0.3 is 5.63 Å². The summed E-state index contributed by atoms with van der Waals surface area (Å²) in [5, 5.41) is 19.9. The van der Waals surface area contributed by atoms with Crippen LogP contribution in [0.2, 0.25) is 0 Å². The third-order valence-corrected chi connectivity index (χ3v) is 6.08. The van der Waals surface area contributed by atoms with Gasteiger partial charge in [0.15, 0.2) is 11.0 Å². The van der Waals surface area contributed by atoms with Crippen LogP contribution < -0.4 is 5.63 Å². The average Bonchev–Trinajstić information content (AvgIpc) is 3.05. The van der Waals surface area contributed by atoms with Crippen molar-refractivity contribution in [2.45, 2.75) is 37.1 Å². The Hall–Kier alpha value is -3.06. The number of phenols is 1. The molecule has 6 nitrogen and oxygen atoms in total. The normalized spacial score (nSPS) is 11.9. The highest BCUT2D eigenvalue weighted by molar-refractivity contribution is 7.98. The molecule has 4 aromatic rings. The fourth-order valence-corrected chi connectivity index (χ4v) is 4.19. The predicted octanol–water partition coefficient (Wildman–Crippen LogP) is 4.88. The Morgan fingerprint density at radius 2 is 1.80 bits per heavy atom. The van der Waals surface area contributed by atoms with Crippen molar-refractivity contribution < 1.29 is 9.52 Å². The van der Waals surface area contributed by atoms with Gasteiger partial charge in [-0.15, -0.1) is 10.2 Å². The first-order valence-corrected chi connectivity index (χ1v) is 10.6. The molecule has 154 valence electrons. The standard InChI is InChI=1S/C23H23N3O3S/c1-23(2,3)16-7-5-14(6-8-16)21-24-25-22(26(21)4)30-13-15-11-20(28)29-19-12-17(27)9-10-18(15)19/h5-12,27H,13H2,1-4H3. The van der Waals surface area contributed by atoms with Crippen molar-refractivity contribution in [1.29, 1.82) is 0 Å². The van der Waals surface area contributed by atoms with Crippen molar-refractivity contribution in [3.05, 3.63) is 70.1 Å². The molecule has 2 aromatic carbocycles. The minimum Gasteiger partial charge on any atom is -0.508 e. The number of hydrogen-bond donors (Lipinski definition) is 1. The smallest absolute Gasteiger partial charge is 0.336 e. The summed E-state index contributed by atoms with van der Waals surface area (Å²) >= 11 is 1.50. The monoisotopic (exact) mass is 421 g/mol. The third-order valence-electron chi connectivity index (χ3n) is 5.01. The first-order valence-electron chi connectivity index (χ1n) is 9.61. The van der Waals surface area contributed by atoms with Gasteiger partial charge in [-0.25, -0.2) is 4.79 Å². The van der Waals surface area contributed by atoms with Crippen LogP contribution in [0.25, 0.3) is 22.4 Å². The van der Waals surface area contributed by atoms with Crippen LogP contribution in [-0.2, 0) is 18.2 Å². The Balaban J connectivity index is 1.59. The molecule has 0 aliphatic heterocycles. The molecule has 0 aliphatic carbocycles. The number of aromatic hydroxyl groups is 1. The largest absolute Gasteiger partial charge is 0.508 e. The number of aromatic nitrogens is 3. The van der Waals surface area contributed by atoms with Gasteiger partial charge in [-0.1, -0.05) is 56.8 Å². The van der Waals surface area contributed by atoms with Gasteiger partial charge in [-0.3, -0.25) is 0 Å². The van der Waals surface area contributed by atoms with E-state index in [1.54, 1.807) is 12.1 Å². The van der Waals surface area contributed by atoms with Gasteiger partial charge in [-0.2, -0.15) is 0 Å². The van der Waals surface area contributed by atoms with Crippen LogP contribution in [0, 0.1) is 0 Å². The highest BCUT2D eigenvalue weighted by atomic mass is 32.2. The Morgan fingerprint density at radius 1 is 1.07 bits per heavy atom. The molecule has 1 N–H and O–H groups in total. The van der Waals surface area contributed by atoms with Crippen LogP contribution in [0.4, 0.5) is 0 Å². The van der Waals surface area contributed by atoms with E-state index in [9.17, 15) is 9.90 Å². The lowest BCUT2D eigenvalue weighted by Gasteiger charge is -2.19. The summed E-state index contributed by atoms with van der Waals surface area (Å²) in [5.74, 6) is 1.38. The number of thioether (sulfide) groups is 1. The molecule has 4 rings (SSSR count). The Labute approximate surface area is 178 Å². The van der Waals surface area contributed by atoms with Gasteiger partial charge in [0, 0.05) is 35.9 Å². The van der Waals surface area contributed by atoms with Crippen molar-refractivity contribution in [2.75, 3.05) is 0 Å². The van der Waals surface area contributed by atoms with Crippen LogP contribution in [0.1, 0.15) is 31.9 Å². The second-order valence-corrected chi connectivity index (χ2v) is 9.19. The molecule has 7 heteroatoms. The Morgan fingerprint density at radius 3 is 2.50 bits per heavy atom. The highest BCUT2D eigenvalue weighted by Crippen LogP contribution is 2.30. The van der Waals surface area contributed by atoms with E-state index in [2.05, 4.69) is 55.2 Å². The van der Waals surface area contributed by atoms with Gasteiger partial charge < -0.3 is 14.1 Å². The number of phenolic OH excluding ortho intramolecular Hbond substituents is 1. The lowest BCUT2D eigenvalue weighted by Crippen LogP contribution is -2.10. The fraction of sp³-hybridized carbons (Fsp3) is 0.261. The fourth-order valence-electron chi connectivity index (χ4n) is 3.29. The van der Waals surface area contributed by atoms with Crippen LogP contribution in [-0.4, -0.2) is 19.9 Å². The summed E-state index contributed by atoms with van der Waals surface area (Å²) in [5.41, 5.74) is 3.12. The number of rotatable bonds is 4. The second kappa shape index (κ2) is 7.65. The van der Waals surface area contributed by atoms with Crippen molar-refractivity contribution in [3.8, 4) is 17.1 Å². The maximum atomic E-state index is 11.9. The molecule has 0 atom stereocenters.